The van der Waals surface area contributed by atoms with Crippen molar-refractivity contribution in [3.8, 4) is 5.82 Å². The number of aromatic nitrogens is 3. The van der Waals surface area contributed by atoms with Gasteiger partial charge in [-0.1, -0.05) is 0 Å². The normalized spacial score (nSPS) is 14.4. The highest BCUT2D eigenvalue weighted by Gasteiger charge is 2.19. The third-order valence-corrected chi connectivity index (χ3v) is 3.58. The number of hydrogen-bond donors (Lipinski definition) is 1. The van der Waals surface area contributed by atoms with Gasteiger partial charge in [-0.2, -0.15) is 0 Å². The Labute approximate surface area is 111 Å². The van der Waals surface area contributed by atoms with E-state index in [9.17, 15) is 4.39 Å². The van der Waals surface area contributed by atoms with E-state index in [0.717, 1.165) is 30.7 Å². The second kappa shape index (κ2) is 5.09. The predicted molar refractivity (Wildman–Crippen MR) is 70.7 cm³/mol. The molecule has 1 N–H and O–H groups in total. The minimum Gasteiger partial charge on any atom is -0.316 e. The Bertz CT molecular complexity index is 591. The van der Waals surface area contributed by atoms with E-state index < -0.39 is 0 Å². The summed E-state index contributed by atoms with van der Waals surface area (Å²) in [5.74, 6) is 0.103. The van der Waals surface area contributed by atoms with Crippen molar-refractivity contribution in [3.63, 3.8) is 0 Å². The number of imidazole rings is 1. The summed E-state index contributed by atoms with van der Waals surface area (Å²) in [7, 11) is 1.80. The van der Waals surface area contributed by atoms with E-state index in [1.54, 1.807) is 25.6 Å². The maximum absolute atomic E-state index is 14.4. The highest BCUT2D eigenvalue weighted by Crippen LogP contribution is 2.24. The van der Waals surface area contributed by atoms with Crippen LogP contribution in [0, 0.1) is 5.82 Å². The third-order valence-electron chi connectivity index (χ3n) is 3.58. The molecule has 0 atom stereocenters. The number of fused-ring (bicyclic) bond motifs is 1. The Morgan fingerprint density at radius 1 is 1.32 bits per heavy atom. The number of aryl methyl sites for hydroxylation is 1. The van der Waals surface area contributed by atoms with E-state index in [2.05, 4.69) is 15.3 Å². The molecule has 0 spiro atoms. The molecule has 19 heavy (non-hydrogen) atoms. The molecular weight excluding hydrogens is 243 g/mol. The van der Waals surface area contributed by atoms with E-state index in [4.69, 9.17) is 0 Å². The van der Waals surface area contributed by atoms with Crippen LogP contribution in [0.15, 0.2) is 18.6 Å². The van der Waals surface area contributed by atoms with Crippen molar-refractivity contribution < 1.29 is 4.39 Å². The van der Waals surface area contributed by atoms with Crippen LogP contribution in [0.1, 0.15) is 29.8 Å². The lowest BCUT2D eigenvalue weighted by atomic mass is 10.0. The fourth-order valence-electron chi connectivity index (χ4n) is 2.62. The lowest BCUT2D eigenvalue weighted by Crippen LogP contribution is -2.13. The van der Waals surface area contributed by atoms with Crippen molar-refractivity contribution >= 4 is 0 Å². The van der Waals surface area contributed by atoms with Crippen molar-refractivity contribution in [2.75, 3.05) is 7.05 Å². The van der Waals surface area contributed by atoms with Crippen LogP contribution in [0.3, 0.4) is 0 Å². The number of nitrogens with one attached hydrogen (secondary N) is 1. The van der Waals surface area contributed by atoms with Gasteiger partial charge in [-0.25, -0.2) is 14.4 Å². The highest BCUT2D eigenvalue weighted by atomic mass is 19.1. The van der Waals surface area contributed by atoms with Crippen LogP contribution in [-0.4, -0.2) is 21.6 Å². The molecule has 100 valence electrons. The van der Waals surface area contributed by atoms with E-state index in [1.807, 2.05) is 4.57 Å². The van der Waals surface area contributed by atoms with Gasteiger partial charge in [0.05, 0.1) is 5.69 Å². The van der Waals surface area contributed by atoms with Crippen molar-refractivity contribution in [3.05, 3.63) is 41.4 Å². The number of halogens is 1. The van der Waals surface area contributed by atoms with E-state index in [1.165, 1.54) is 6.42 Å². The molecule has 0 amide bonds. The van der Waals surface area contributed by atoms with Gasteiger partial charge in [0, 0.05) is 24.0 Å². The zero-order valence-corrected chi connectivity index (χ0v) is 11.0. The summed E-state index contributed by atoms with van der Waals surface area (Å²) in [6, 6.07) is 1.71. The van der Waals surface area contributed by atoms with Crippen LogP contribution >= 0.6 is 0 Å². The fourth-order valence-corrected chi connectivity index (χ4v) is 2.62. The summed E-state index contributed by atoms with van der Waals surface area (Å²) in [6.07, 6.45) is 7.59. The van der Waals surface area contributed by atoms with Crippen LogP contribution in [0.25, 0.3) is 5.82 Å². The van der Waals surface area contributed by atoms with Gasteiger partial charge < -0.3 is 5.32 Å². The molecule has 0 aromatic carbocycles. The fraction of sp³-hybridized carbons (Fsp3) is 0.429. The lowest BCUT2D eigenvalue weighted by Gasteiger charge is -2.14. The van der Waals surface area contributed by atoms with Crippen LogP contribution in [0.5, 0.6) is 0 Å². The maximum Gasteiger partial charge on any atom is 0.174 e. The molecule has 2 aromatic rings. The number of pyridine rings is 1. The summed E-state index contributed by atoms with van der Waals surface area (Å²) >= 11 is 0. The monoisotopic (exact) mass is 260 g/mol. The Morgan fingerprint density at radius 2 is 2.16 bits per heavy atom. The summed E-state index contributed by atoms with van der Waals surface area (Å²) < 4.78 is 16.3. The number of nitrogens with zero attached hydrogens (tertiary/aromatic N) is 3. The zero-order valence-electron chi connectivity index (χ0n) is 11.0. The summed E-state index contributed by atoms with van der Waals surface area (Å²) in [6.45, 7) is 0.498. The largest absolute Gasteiger partial charge is 0.316 e. The van der Waals surface area contributed by atoms with E-state index >= 15 is 0 Å². The third kappa shape index (κ3) is 2.14. The SMILES string of the molecule is CNCc1ccnc(-n2cnc3c2CCCC3)c1F. The average Bonchev–Trinajstić information content (AvgIpc) is 2.85. The van der Waals surface area contributed by atoms with E-state index in [-0.39, 0.29) is 5.82 Å². The van der Waals surface area contributed by atoms with E-state index in [0.29, 0.717) is 17.9 Å². The molecule has 3 rings (SSSR count). The molecule has 0 saturated carbocycles. The Morgan fingerprint density at radius 3 is 3.00 bits per heavy atom. The first-order valence-electron chi connectivity index (χ1n) is 6.64. The molecule has 1 aliphatic carbocycles. The molecule has 0 fully saturated rings. The van der Waals surface area contributed by atoms with Crippen molar-refractivity contribution in [2.45, 2.75) is 32.2 Å². The molecule has 0 bridgehead atoms. The van der Waals surface area contributed by atoms with Crippen LogP contribution < -0.4 is 5.32 Å². The van der Waals surface area contributed by atoms with Crippen LogP contribution in [0.2, 0.25) is 0 Å². The van der Waals surface area contributed by atoms with Crippen molar-refractivity contribution in [1.29, 1.82) is 0 Å². The topological polar surface area (TPSA) is 42.7 Å². The minimum atomic E-state index is -0.261. The van der Waals surface area contributed by atoms with Crippen LogP contribution in [-0.2, 0) is 19.4 Å². The first-order chi connectivity index (χ1) is 9.31. The summed E-state index contributed by atoms with van der Waals surface area (Å²) in [5.41, 5.74) is 2.83. The quantitative estimate of drug-likeness (QED) is 0.918. The maximum atomic E-state index is 14.4. The first-order valence-corrected chi connectivity index (χ1v) is 6.64. The second-order valence-electron chi connectivity index (χ2n) is 4.85. The standard InChI is InChI=1S/C14H17FN4/c1-16-8-10-6-7-17-14(13(10)15)19-9-18-11-4-2-3-5-12(11)19/h6-7,9,16H,2-5,8H2,1H3. The molecule has 4 nitrogen and oxygen atoms in total. The molecule has 0 saturated heterocycles. The zero-order chi connectivity index (χ0) is 13.2. The van der Waals surface area contributed by atoms with Gasteiger partial charge in [-0.15, -0.1) is 0 Å². The molecule has 0 aliphatic heterocycles. The molecular formula is C14H17FN4. The molecule has 1 aliphatic rings. The van der Waals surface area contributed by atoms with Gasteiger partial charge in [-0.3, -0.25) is 4.57 Å². The number of hydrogen-bond acceptors (Lipinski definition) is 3. The van der Waals surface area contributed by atoms with Gasteiger partial charge >= 0.3 is 0 Å². The number of rotatable bonds is 3. The summed E-state index contributed by atoms with van der Waals surface area (Å²) in [5, 5.41) is 2.97. The van der Waals surface area contributed by atoms with Gasteiger partial charge in [0.15, 0.2) is 11.6 Å². The summed E-state index contributed by atoms with van der Waals surface area (Å²) in [4.78, 5) is 8.58. The van der Waals surface area contributed by atoms with Crippen molar-refractivity contribution in [1.82, 2.24) is 19.9 Å². The van der Waals surface area contributed by atoms with Gasteiger partial charge in [0.2, 0.25) is 0 Å². The van der Waals surface area contributed by atoms with Crippen LogP contribution in [0.4, 0.5) is 4.39 Å². The Hall–Kier alpha value is -1.75. The second-order valence-corrected chi connectivity index (χ2v) is 4.85. The Kier molecular flexibility index (Phi) is 3.29. The molecule has 0 unspecified atom stereocenters. The first kappa shape index (κ1) is 12.3. The molecule has 2 heterocycles. The van der Waals surface area contributed by atoms with Gasteiger partial charge in [-0.05, 0) is 38.8 Å². The lowest BCUT2D eigenvalue weighted by molar-refractivity contribution is 0.577. The van der Waals surface area contributed by atoms with Gasteiger partial charge in [0.1, 0.15) is 6.33 Å². The smallest absolute Gasteiger partial charge is 0.174 e. The Balaban J connectivity index is 2.07. The highest BCUT2D eigenvalue weighted by molar-refractivity contribution is 5.34. The van der Waals surface area contributed by atoms with Crippen molar-refractivity contribution in [2.24, 2.45) is 0 Å². The molecule has 0 radical (unpaired) electrons. The predicted octanol–water partition coefficient (Wildman–Crippen LogP) is 2.00. The van der Waals surface area contributed by atoms with Gasteiger partial charge in [0.25, 0.3) is 0 Å². The average molecular weight is 260 g/mol. The molecule has 5 heteroatoms. The molecule has 2 aromatic heterocycles. The minimum absolute atomic E-state index is 0.261.